The Bertz CT molecular complexity index is 324. The Morgan fingerprint density at radius 3 is 2.79 bits per heavy atom. The van der Waals surface area contributed by atoms with Crippen molar-refractivity contribution in [1.82, 2.24) is 4.90 Å². The molecule has 0 saturated heterocycles. The van der Waals surface area contributed by atoms with Crippen molar-refractivity contribution in [3.8, 4) is 0 Å². The van der Waals surface area contributed by atoms with Gasteiger partial charge in [-0.1, -0.05) is 11.6 Å². The number of rotatable bonds is 3. The summed E-state index contributed by atoms with van der Waals surface area (Å²) in [7, 11) is 1.72. The highest BCUT2D eigenvalue weighted by Crippen LogP contribution is 2.23. The van der Waals surface area contributed by atoms with Crippen LogP contribution in [0.5, 0.6) is 0 Å². The molecular weight excluding hydrogens is 241 g/mol. The topological polar surface area (TPSA) is 20.3 Å². The molecule has 0 N–H and O–H groups in total. The first kappa shape index (κ1) is 11.8. The van der Waals surface area contributed by atoms with Gasteiger partial charge in [0.05, 0.1) is 5.02 Å². The highest BCUT2D eigenvalue weighted by Gasteiger charge is 2.17. The largest absolute Gasteiger partial charge is 0.339 e. The van der Waals surface area contributed by atoms with Crippen molar-refractivity contribution in [2.24, 2.45) is 0 Å². The molecule has 0 bridgehead atoms. The molecule has 1 aromatic heterocycles. The van der Waals surface area contributed by atoms with Gasteiger partial charge in [-0.15, -0.1) is 22.9 Å². The van der Waals surface area contributed by atoms with E-state index >= 15 is 0 Å². The lowest BCUT2D eigenvalue weighted by Gasteiger charge is -2.17. The molecule has 14 heavy (non-hydrogen) atoms. The summed E-state index contributed by atoms with van der Waals surface area (Å²) in [5.74, 6) is -0.0718. The van der Waals surface area contributed by atoms with Crippen LogP contribution in [0.15, 0.2) is 11.4 Å². The van der Waals surface area contributed by atoms with Gasteiger partial charge >= 0.3 is 0 Å². The molecular formula is C9H11Cl2NOS. The summed E-state index contributed by atoms with van der Waals surface area (Å²) in [6.07, 6.45) is 0. The van der Waals surface area contributed by atoms with Gasteiger partial charge < -0.3 is 4.90 Å². The minimum absolute atomic E-state index is 0.0531. The minimum atomic E-state index is -0.0718. The average Bonchev–Trinajstić information content (AvgIpc) is 2.48. The van der Waals surface area contributed by atoms with Crippen molar-refractivity contribution in [3.05, 3.63) is 21.3 Å². The molecule has 1 amide bonds. The molecule has 0 radical (unpaired) electrons. The molecule has 1 rings (SSSR count). The maximum Gasteiger partial charge on any atom is 0.265 e. The quantitative estimate of drug-likeness (QED) is 0.757. The third kappa shape index (κ3) is 2.87. The Kier molecular flexibility index (Phi) is 4.23. The number of thiophene rings is 1. The number of amides is 1. The summed E-state index contributed by atoms with van der Waals surface area (Å²) in [6.45, 7) is 2.37. The average molecular weight is 252 g/mol. The van der Waals surface area contributed by atoms with E-state index in [4.69, 9.17) is 23.2 Å². The Morgan fingerprint density at radius 2 is 2.36 bits per heavy atom. The number of carbonyl (C=O) groups excluding carboxylic acids is 1. The fourth-order valence-electron chi connectivity index (χ4n) is 1.08. The van der Waals surface area contributed by atoms with Gasteiger partial charge in [-0.25, -0.2) is 0 Å². The van der Waals surface area contributed by atoms with E-state index in [1.807, 2.05) is 6.92 Å². The molecule has 0 aliphatic heterocycles. The van der Waals surface area contributed by atoms with E-state index in [2.05, 4.69) is 0 Å². The zero-order valence-corrected chi connectivity index (χ0v) is 10.3. The summed E-state index contributed by atoms with van der Waals surface area (Å²) >= 11 is 13.0. The summed E-state index contributed by atoms with van der Waals surface area (Å²) < 4.78 is 0. The molecule has 1 heterocycles. The first-order valence-corrected chi connectivity index (χ1v) is 5.84. The zero-order valence-electron chi connectivity index (χ0n) is 7.96. The summed E-state index contributed by atoms with van der Waals surface area (Å²) in [4.78, 5) is 13.9. The Hall–Kier alpha value is -0.250. The highest BCUT2D eigenvalue weighted by molar-refractivity contribution is 7.12. The van der Waals surface area contributed by atoms with Gasteiger partial charge in [0.25, 0.3) is 5.91 Å². The lowest BCUT2D eigenvalue weighted by molar-refractivity contribution is 0.0801. The van der Waals surface area contributed by atoms with E-state index in [1.54, 1.807) is 23.4 Å². The molecule has 1 aromatic rings. The van der Waals surface area contributed by atoms with Crippen molar-refractivity contribution in [2.45, 2.75) is 12.3 Å². The molecule has 2 nitrogen and oxygen atoms in total. The van der Waals surface area contributed by atoms with Crippen LogP contribution in [0.4, 0.5) is 0 Å². The van der Waals surface area contributed by atoms with Crippen LogP contribution < -0.4 is 0 Å². The maximum atomic E-state index is 11.8. The zero-order chi connectivity index (χ0) is 10.7. The fraction of sp³-hybridized carbons (Fsp3) is 0.444. The second-order valence-corrected chi connectivity index (χ2v) is 5.13. The van der Waals surface area contributed by atoms with Crippen LogP contribution in [0.3, 0.4) is 0 Å². The number of hydrogen-bond acceptors (Lipinski definition) is 2. The molecule has 0 fully saturated rings. The van der Waals surface area contributed by atoms with E-state index in [1.165, 1.54) is 11.3 Å². The van der Waals surface area contributed by atoms with E-state index < -0.39 is 0 Å². The van der Waals surface area contributed by atoms with Crippen LogP contribution in [0.25, 0.3) is 0 Å². The Balaban J connectivity index is 2.71. The Morgan fingerprint density at radius 1 is 1.71 bits per heavy atom. The maximum absolute atomic E-state index is 11.8. The number of alkyl halides is 1. The molecule has 0 aliphatic rings. The summed E-state index contributed by atoms with van der Waals surface area (Å²) in [5, 5.41) is 2.25. The van der Waals surface area contributed by atoms with E-state index in [9.17, 15) is 4.79 Å². The van der Waals surface area contributed by atoms with Crippen molar-refractivity contribution in [1.29, 1.82) is 0 Å². The van der Waals surface area contributed by atoms with Crippen LogP contribution in [-0.2, 0) is 0 Å². The van der Waals surface area contributed by atoms with E-state index in [-0.39, 0.29) is 11.3 Å². The lowest BCUT2D eigenvalue weighted by atomic mass is 10.3. The summed E-state index contributed by atoms with van der Waals surface area (Å²) in [6, 6.07) is 1.72. The van der Waals surface area contributed by atoms with E-state index in [0.717, 1.165) is 0 Å². The molecule has 5 heteroatoms. The van der Waals surface area contributed by atoms with Crippen LogP contribution in [-0.4, -0.2) is 29.8 Å². The molecule has 0 saturated carbocycles. The third-order valence-electron chi connectivity index (χ3n) is 1.68. The van der Waals surface area contributed by atoms with Gasteiger partial charge in [-0.2, -0.15) is 0 Å². The van der Waals surface area contributed by atoms with Crippen LogP contribution in [0.1, 0.15) is 16.6 Å². The summed E-state index contributed by atoms with van der Waals surface area (Å²) in [5.41, 5.74) is 0. The second kappa shape index (κ2) is 5.01. The first-order chi connectivity index (χ1) is 6.52. The Labute approximate surface area is 97.4 Å². The predicted molar refractivity (Wildman–Crippen MR) is 61.6 cm³/mol. The van der Waals surface area contributed by atoms with Gasteiger partial charge in [0.15, 0.2) is 0 Å². The molecule has 1 unspecified atom stereocenters. The van der Waals surface area contributed by atoms with Crippen molar-refractivity contribution in [3.63, 3.8) is 0 Å². The van der Waals surface area contributed by atoms with Gasteiger partial charge in [-0.3, -0.25) is 4.79 Å². The number of nitrogens with zero attached hydrogens (tertiary/aromatic N) is 1. The standard InChI is InChI=1S/C9H11Cl2NOS/c1-6(10)5-12(2)9(13)8-7(11)3-4-14-8/h3-4,6H,5H2,1-2H3. The van der Waals surface area contributed by atoms with Gasteiger partial charge in [0.1, 0.15) is 4.88 Å². The molecule has 1 atom stereocenters. The highest BCUT2D eigenvalue weighted by atomic mass is 35.5. The van der Waals surface area contributed by atoms with Crippen molar-refractivity contribution >= 4 is 40.4 Å². The fourth-order valence-corrected chi connectivity index (χ4v) is 2.42. The number of hydrogen-bond donors (Lipinski definition) is 0. The van der Waals surface area contributed by atoms with Gasteiger partial charge in [0.2, 0.25) is 0 Å². The number of halogens is 2. The molecule has 0 aromatic carbocycles. The van der Waals surface area contributed by atoms with Crippen LogP contribution in [0.2, 0.25) is 5.02 Å². The minimum Gasteiger partial charge on any atom is -0.339 e. The van der Waals surface area contributed by atoms with Crippen molar-refractivity contribution < 1.29 is 4.79 Å². The van der Waals surface area contributed by atoms with E-state index in [0.29, 0.717) is 16.4 Å². The monoisotopic (exact) mass is 251 g/mol. The lowest BCUT2D eigenvalue weighted by Crippen LogP contribution is -2.30. The van der Waals surface area contributed by atoms with Crippen LogP contribution >= 0.6 is 34.5 Å². The molecule has 0 spiro atoms. The van der Waals surface area contributed by atoms with Gasteiger partial charge in [-0.05, 0) is 18.4 Å². The smallest absolute Gasteiger partial charge is 0.265 e. The predicted octanol–water partition coefficient (Wildman–Crippen LogP) is 3.10. The van der Waals surface area contributed by atoms with Crippen molar-refractivity contribution in [2.75, 3.05) is 13.6 Å². The molecule has 0 aliphatic carbocycles. The second-order valence-electron chi connectivity index (χ2n) is 3.06. The molecule has 78 valence electrons. The first-order valence-electron chi connectivity index (χ1n) is 4.15. The number of carbonyl (C=O) groups is 1. The normalized spacial score (nSPS) is 12.6. The SMILES string of the molecule is CC(Cl)CN(C)C(=O)c1sccc1Cl. The van der Waals surface area contributed by atoms with Crippen LogP contribution in [0, 0.1) is 0 Å². The van der Waals surface area contributed by atoms with Gasteiger partial charge in [0, 0.05) is 19.0 Å². The third-order valence-corrected chi connectivity index (χ3v) is 3.15.